The van der Waals surface area contributed by atoms with Crippen molar-refractivity contribution >= 4 is 34.5 Å². The van der Waals surface area contributed by atoms with E-state index in [1.54, 1.807) is 23.9 Å². The number of hydrogen-bond donors (Lipinski definition) is 1. The topological polar surface area (TPSA) is 80.2 Å². The standard InChI is InChI=1S/C30H37N3O4S/c1-5-6-16-36-25-13-11-22(12-14-25)28(34)32-24-10-7-9-23(18-24)27-26(29(35)37-19-20(2)3)21(4)31-30-33(27)15-8-17-38-30/h7,9-14,18,20,27H,5-6,8,15-17,19H2,1-4H3,(H,32,34). The van der Waals surface area contributed by atoms with Crippen molar-refractivity contribution < 1.29 is 19.1 Å². The highest BCUT2D eigenvalue weighted by Gasteiger charge is 2.38. The molecule has 2 aliphatic heterocycles. The van der Waals surface area contributed by atoms with Gasteiger partial charge in [-0.25, -0.2) is 9.79 Å². The number of unbranched alkanes of at least 4 members (excludes halogenated alkanes) is 1. The monoisotopic (exact) mass is 535 g/mol. The first-order valence-corrected chi connectivity index (χ1v) is 14.4. The normalized spacial score (nSPS) is 17.1. The number of aliphatic imine (C=N–C) groups is 1. The summed E-state index contributed by atoms with van der Waals surface area (Å²) < 4.78 is 11.4. The molecule has 202 valence electrons. The van der Waals surface area contributed by atoms with Crippen LogP contribution in [0.25, 0.3) is 0 Å². The number of allylic oxidation sites excluding steroid dienone is 1. The molecule has 0 bridgehead atoms. The second-order valence-corrected chi connectivity index (χ2v) is 11.1. The number of ether oxygens (including phenoxy) is 2. The van der Waals surface area contributed by atoms with Crippen LogP contribution in [0.5, 0.6) is 5.75 Å². The molecule has 1 atom stereocenters. The van der Waals surface area contributed by atoms with Crippen molar-refractivity contribution in [3.8, 4) is 5.75 Å². The number of esters is 1. The van der Waals surface area contributed by atoms with Crippen LogP contribution in [0.2, 0.25) is 0 Å². The summed E-state index contributed by atoms with van der Waals surface area (Å²) in [6.45, 7) is 9.85. The molecule has 1 fully saturated rings. The Kier molecular flexibility index (Phi) is 9.50. The van der Waals surface area contributed by atoms with Crippen molar-refractivity contribution in [2.75, 3.05) is 30.8 Å². The number of rotatable bonds is 10. The average Bonchev–Trinajstić information content (AvgIpc) is 2.91. The lowest BCUT2D eigenvalue weighted by Gasteiger charge is -2.40. The summed E-state index contributed by atoms with van der Waals surface area (Å²) in [6, 6.07) is 14.6. The molecule has 0 spiro atoms. The summed E-state index contributed by atoms with van der Waals surface area (Å²) in [7, 11) is 0. The van der Waals surface area contributed by atoms with Crippen molar-refractivity contribution in [3.63, 3.8) is 0 Å². The molecule has 0 aliphatic carbocycles. The van der Waals surface area contributed by atoms with E-state index in [1.165, 1.54) is 0 Å². The zero-order valence-electron chi connectivity index (χ0n) is 22.7. The van der Waals surface area contributed by atoms with Crippen LogP contribution in [0.3, 0.4) is 0 Å². The first kappa shape index (κ1) is 27.8. The summed E-state index contributed by atoms with van der Waals surface area (Å²) in [5.74, 6) is 1.45. The van der Waals surface area contributed by atoms with E-state index in [4.69, 9.17) is 14.5 Å². The summed E-state index contributed by atoms with van der Waals surface area (Å²) in [4.78, 5) is 33.2. The molecule has 4 rings (SSSR count). The number of fused-ring (bicyclic) bond motifs is 1. The third-order valence-corrected chi connectivity index (χ3v) is 7.45. The molecule has 0 saturated carbocycles. The van der Waals surface area contributed by atoms with Crippen molar-refractivity contribution in [1.82, 2.24) is 4.90 Å². The lowest BCUT2D eigenvalue weighted by molar-refractivity contribution is -0.140. The van der Waals surface area contributed by atoms with Crippen LogP contribution in [0.4, 0.5) is 5.69 Å². The fourth-order valence-electron chi connectivity index (χ4n) is 4.42. The van der Waals surface area contributed by atoms with Crippen LogP contribution in [0.1, 0.15) is 68.9 Å². The number of amidine groups is 1. The highest BCUT2D eigenvalue weighted by molar-refractivity contribution is 8.13. The van der Waals surface area contributed by atoms with Gasteiger partial charge in [-0.2, -0.15) is 0 Å². The van der Waals surface area contributed by atoms with Crippen LogP contribution in [-0.4, -0.2) is 47.5 Å². The van der Waals surface area contributed by atoms with Gasteiger partial charge in [0.25, 0.3) is 5.91 Å². The number of hydrogen-bond acceptors (Lipinski definition) is 7. The predicted molar refractivity (Wildman–Crippen MR) is 154 cm³/mol. The summed E-state index contributed by atoms with van der Waals surface area (Å²) in [6.07, 6.45) is 3.07. The minimum absolute atomic E-state index is 0.204. The van der Waals surface area contributed by atoms with Crippen LogP contribution in [0.15, 0.2) is 64.8 Å². The molecule has 38 heavy (non-hydrogen) atoms. The Morgan fingerprint density at radius 2 is 1.97 bits per heavy atom. The summed E-state index contributed by atoms with van der Waals surface area (Å²) in [5.41, 5.74) is 3.36. The Labute approximate surface area is 229 Å². The van der Waals surface area contributed by atoms with Gasteiger partial charge in [0.05, 0.1) is 30.5 Å². The number of amides is 1. The average molecular weight is 536 g/mol. The zero-order valence-corrected chi connectivity index (χ0v) is 23.5. The van der Waals surface area contributed by atoms with Crippen molar-refractivity contribution in [2.24, 2.45) is 10.9 Å². The number of thioether (sulfide) groups is 1. The molecular formula is C30H37N3O4S. The van der Waals surface area contributed by atoms with E-state index in [2.05, 4.69) is 17.1 Å². The van der Waals surface area contributed by atoms with E-state index in [1.807, 2.05) is 57.2 Å². The maximum Gasteiger partial charge on any atom is 0.338 e. The highest BCUT2D eigenvalue weighted by atomic mass is 32.2. The van der Waals surface area contributed by atoms with Crippen LogP contribution in [-0.2, 0) is 9.53 Å². The Morgan fingerprint density at radius 1 is 1.18 bits per heavy atom. The van der Waals surface area contributed by atoms with Gasteiger partial charge in [-0.1, -0.05) is 51.1 Å². The van der Waals surface area contributed by atoms with Gasteiger partial charge in [0, 0.05) is 23.5 Å². The molecule has 8 heteroatoms. The molecule has 1 unspecified atom stereocenters. The SMILES string of the molecule is CCCCOc1ccc(C(=O)Nc2cccc(C3C(C(=O)OCC(C)C)=C(C)N=C4SCCCN43)c2)cc1. The molecular weight excluding hydrogens is 498 g/mol. The second kappa shape index (κ2) is 13.0. The highest BCUT2D eigenvalue weighted by Crippen LogP contribution is 2.40. The van der Waals surface area contributed by atoms with Crippen molar-refractivity contribution in [3.05, 3.63) is 70.9 Å². The van der Waals surface area contributed by atoms with Crippen LogP contribution in [0, 0.1) is 5.92 Å². The lowest BCUT2D eigenvalue weighted by atomic mass is 9.94. The van der Waals surface area contributed by atoms with Crippen LogP contribution < -0.4 is 10.1 Å². The maximum atomic E-state index is 13.3. The van der Waals surface area contributed by atoms with Crippen molar-refractivity contribution in [1.29, 1.82) is 0 Å². The Bertz CT molecular complexity index is 1210. The fourth-order valence-corrected chi connectivity index (χ4v) is 5.44. The summed E-state index contributed by atoms with van der Waals surface area (Å²) >= 11 is 1.71. The molecule has 7 nitrogen and oxygen atoms in total. The largest absolute Gasteiger partial charge is 0.494 e. The first-order valence-electron chi connectivity index (χ1n) is 13.4. The van der Waals surface area contributed by atoms with Gasteiger partial charge in [0.1, 0.15) is 5.75 Å². The number of anilines is 1. The lowest BCUT2D eigenvalue weighted by Crippen LogP contribution is -2.42. The summed E-state index contributed by atoms with van der Waals surface area (Å²) in [5, 5.41) is 3.94. The molecule has 1 saturated heterocycles. The van der Waals surface area contributed by atoms with Gasteiger partial charge in [0.2, 0.25) is 0 Å². The minimum atomic E-state index is -0.338. The zero-order chi connectivity index (χ0) is 27.1. The quantitative estimate of drug-likeness (QED) is 0.279. The molecule has 2 aromatic carbocycles. The van der Waals surface area contributed by atoms with Gasteiger partial charge in [-0.05, 0) is 67.6 Å². The third kappa shape index (κ3) is 6.78. The van der Waals surface area contributed by atoms with Crippen molar-refractivity contribution in [2.45, 2.75) is 53.0 Å². The number of carbonyl (C=O) groups is 2. The van der Waals surface area contributed by atoms with E-state index in [0.29, 0.717) is 35.7 Å². The second-order valence-electron chi connectivity index (χ2n) is 9.99. The third-order valence-electron chi connectivity index (χ3n) is 6.37. The molecule has 0 radical (unpaired) electrons. The van der Waals surface area contributed by atoms with E-state index in [0.717, 1.165) is 48.0 Å². The van der Waals surface area contributed by atoms with E-state index < -0.39 is 0 Å². The number of nitrogens with zero attached hydrogens (tertiary/aromatic N) is 2. The number of benzene rings is 2. The maximum absolute atomic E-state index is 13.3. The van der Waals surface area contributed by atoms with Gasteiger partial charge in [-0.3, -0.25) is 4.79 Å². The Hall–Kier alpha value is -3.26. The number of nitrogens with one attached hydrogen (secondary N) is 1. The van der Waals surface area contributed by atoms with E-state index in [9.17, 15) is 9.59 Å². The van der Waals surface area contributed by atoms with Gasteiger partial charge < -0.3 is 19.7 Å². The smallest absolute Gasteiger partial charge is 0.338 e. The van der Waals surface area contributed by atoms with Gasteiger partial charge >= 0.3 is 5.97 Å². The minimum Gasteiger partial charge on any atom is -0.494 e. The van der Waals surface area contributed by atoms with E-state index in [-0.39, 0.29) is 23.8 Å². The first-order chi connectivity index (χ1) is 18.4. The fraction of sp³-hybridized carbons (Fsp3) is 0.433. The predicted octanol–water partition coefficient (Wildman–Crippen LogP) is 6.44. The molecule has 2 aliphatic rings. The van der Waals surface area contributed by atoms with Gasteiger partial charge in [0.15, 0.2) is 5.17 Å². The molecule has 1 N–H and O–H groups in total. The molecule has 0 aromatic heterocycles. The molecule has 2 aromatic rings. The van der Waals surface area contributed by atoms with Crippen LogP contribution >= 0.6 is 11.8 Å². The molecule has 1 amide bonds. The number of carbonyl (C=O) groups excluding carboxylic acids is 2. The van der Waals surface area contributed by atoms with E-state index >= 15 is 0 Å². The Morgan fingerprint density at radius 3 is 2.71 bits per heavy atom. The molecule has 2 heterocycles. The Balaban J connectivity index is 1.56. The van der Waals surface area contributed by atoms with Gasteiger partial charge in [-0.15, -0.1) is 0 Å².